The highest BCUT2D eigenvalue weighted by atomic mass is 35.5. The average Bonchev–Trinajstić information content (AvgIpc) is 1.82. The molecule has 0 aromatic rings. The van der Waals surface area contributed by atoms with Crippen LogP contribution in [0.25, 0.3) is 0 Å². The summed E-state index contributed by atoms with van der Waals surface area (Å²) in [6.45, 7) is 4.89. The Hall–Kier alpha value is -0.770. The lowest BCUT2D eigenvalue weighted by atomic mass is 10.2. The molecule has 0 saturated heterocycles. The molecule has 64 valence electrons. The van der Waals surface area contributed by atoms with Gasteiger partial charge in [0, 0.05) is 0 Å². The Bertz CT molecular complexity index is 170. The first kappa shape index (κ1) is 10.2. The van der Waals surface area contributed by atoms with Gasteiger partial charge in [0.15, 0.2) is 0 Å². The Balaban J connectivity index is 3.99. The summed E-state index contributed by atoms with van der Waals surface area (Å²) in [5.41, 5.74) is -0.706. The number of hydrogen-bond acceptors (Lipinski definition) is 4. The molecule has 0 spiro atoms. The van der Waals surface area contributed by atoms with E-state index in [2.05, 4.69) is 20.9 Å². The molecule has 0 aliphatic rings. The molecule has 0 heterocycles. The molecule has 0 atom stereocenters. The summed E-state index contributed by atoms with van der Waals surface area (Å²) < 4.78 is 8.21. The van der Waals surface area contributed by atoms with E-state index in [1.165, 1.54) is 0 Å². The van der Waals surface area contributed by atoms with Gasteiger partial charge in [-0.15, -0.1) is 0 Å². The lowest BCUT2D eigenvalue weighted by Gasteiger charge is -2.17. The van der Waals surface area contributed by atoms with Crippen LogP contribution in [0.15, 0.2) is 0 Å². The van der Waals surface area contributed by atoms with Crippen LogP contribution in [0.1, 0.15) is 20.8 Å². The van der Waals surface area contributed by atoms with E-state index in [0.29, 0.717) is 0 Å². The van der Waals surface area contributed by atoms with Gasteiger partial charge in [0.25, 0.3) is 0 Å². The molecular formula is C6H9ClO4. The molecule has 0 fully saturated rings. The van der Waals surface area contributed by atoms with Crippen molar-refractivity contribution in [3.8, 4) is 0 Å². The van der Waals surface area contributed by atoms with E-state index in [4.69, 9.17) is 0 Å². The normalized spacial score (nSPS) is 10.5. The van der Waals surface area contributed by atoms with Crippen molar-refractivity contribution in [3.05, 3.63) is 0 Å². The van der Waals surface area contributed by atoms with Gasteiger partial charge in [-0.25, -0.2) is 9.59 Å². The van der Waals surface area contributed by atoms with Crippen LogP contribution in [0.4, 0.5) is 0 Å². The van der Waals surface area contributed by atoms with Crippen LogP contribution in [0.2, 0.25) is 0 Å². The number of ether oxygens (including phenoxy) is 1. The molecule has 0 unspecified atom stereocenters. The fraction of sp³-hybridized carbons (Fsp3) is 0.667. The zero-order valence-corrected chi connectivity index (χ0v) is 7.27. The zero-order valence-electron chi connectivity index (χ0n) is 6.51. The maximum Gasteiger partial charge on any atom is 0.435 e. The van der Waals surface area contributed by atoms with Crippen molar-refractivity contribution in [3.63, 3.8) is 0 Å². The lowest BCUT2D eigenvalue weighted by molar-refractivity contribution is -0.169. The summed E-state index contributed by atoms with van der Waals surface area (Å²) in [5.74, 6) is -2.30. The van der Waals surface area contributed by atoms with Gasteiger partial charge in [0.05, 0.1) is 0 Å². The molecule has 0 aromatic heterocycles. The highest BCUT2D eigenvalue weighted by Crippen LogP contribution is 2.07. The van der Waals surface area contributed by atoms with Gasteiger partial charge >= 0.3 is 11.9 Å². The summed E-state index contributed by atoms with van der Waals surface area (Å²) in [5, 5.41) is 0. The van der Waals surface area contributed by atoms with Crippen LogP contribution in [0, 0.1) is 0 Å². The third-order valence-electron chi connectivity index (χ3n) is 0.636. The summed E-state index contributed by atoms with van der Waals surface area (Å²) in [7, 11) is 0. The molecule has 0 amide bonds. The lowest BCUT2D eigenvalue weighted by Crippen LogP contribution is -2.28. The monoisotopic (exact) mass is 180 g/mol. The molecule has 0 saturated carbocycles. The van der Waals surface area contributed by atoms with Gasteiger partial charge in [-0.05, 0) is 20.8 Å². The van der Waals surface area contributed by atoms with Crippen LogP contribution >= 0.6 is 11.9 Å². The van der Waals surface area contributed by atoms with E-state index >= 15 is 0 Å². The maximum atomic E-state index is 10.6. The fourth-order valence-electron chi connectivity index (χ4n) is 0.351. The molecule has 4 nitrogen and oxygen atoms in total. The smallest absolute Gasteiger partial charge is 0.435 e. The van der Waals surface area contributed by atoms with E-state index in [1.54, 1.807) is 20.8 Å². The number of carbonyl (C=O) groups excluding carboxylic acids is 2. The topological polar surface area (TPSA) is 52.6 Å². The van der Waals surface area contributed by atoms with Crippen LogP contribution < -0.4 is 0 Å². The second-order valence-corrected chi connectivity index (χ2v) is 3.02. The van der Waals surface area contributed by atoms with E-state index in [1.807, 2.05) is 0 Å². The zero-order chi connectivity index (χ0) is 9.07. The van der Waals surface area contributed by atoms with Gasteiger partial charge in [0.2, 0.25) is 0 Å². The molecule has 5 heteroatoms. The quantitative estimate of drug-likeness (QED) is 0.413. The summed E-state index contributed by atoms with van der Waals surface area (Å²) >= 11 is 4.63. The first-order valence-electron chi connectivity index (χ1n) is 2.92. The SMILES string of the molecule is CC(C)(C)OC(=O)C(=O)OCl. The van der Waals surface area contributed by atoms with Crippen LogP contribution in [-0.4, -0.2) is 17.5 Å². The van der Waals surface area contributed by atoms with Gasteiger partial charge in [-0.1, -0.05) is 0 Å². The predicted octanol–water partition coefficient (Wildman–Crippen LogP) is 1.03. The fourth-order valence-corrected chi connectivity index (χ4v) is 0.414. The largest absolute Gasteiger partial charge is 0.452 e. The minimum Gasteiger partial charge on any atom is -0.452 e. The molecule has 0 aromatic carbocycles. The van der Waals surface area contributed by atoms with E-state index in [-0.39, 0.29) is 0 Å². The highest BCUT2D eigenvalue weighted by Gasteiger charge is 2.23. The maximum absolute atomic E-state index is 10.6. The Morgan fingerprint density at radius 2 is 1.64 bits per heavy atom. The molecular weight excluding hydrogens is 172 g/mol. The number of carbonyl (C=O) groups is 2. The average molecular weight is 181 g/mol. The Morgan fingerprint density at radius 3 is 1.91 bits per heavy atom. The summed E-state index contributed by atoms with van der Waals surface area (Å²) in [6.07, 6.45) is 0. The van der Waals surface area contributed by atoms with Gasteiger partial charge in [-0.3, -0.25) is 0 Å². The van der Waals surface area contributed by atoms with Crippen molar-refractivity contribution in [1.82, 2.24) is 0 Å². The highest BCUT2D eigenvalue weighted by molar-refractivity contribution is 6.35. The predicted molar refractivity (Wildman–Crippen MR) is 37.8 cm³/mol. The molecule has 0 rings (SSSR count). The minimum atomic E-state index is -1.21. The van der Waals surface area contributed by atoms with Crippen LogP contribution in [-0.2, 0) is 18.6 Å². The second kappa shape index (κ2) is 3.57. The molecule has 0 aliphatic heterocycles. The van der Waals surface area contributed by atoms with E-state index < -0.39 is 17.5 Å². The Labute approximate surface area is 69.6 Å². The van der Waals surface area contributed by atoms with Gasteiger partial charge in [-0.2, -0.15) is 0 Å². The van der Waals surface area contributed by atoms with E-state index in [9.17, 15) is 9.59 Å². The van der Waals surface area contributed by atoms with Crippen molar-refractivity contribution in [2.75, 3.05) is 0 Å². The minimum absolute atomic E-state index is 0.706. The molecule has 11 heavy (non-hydrogen) atoms. The number of rotatable bonds is 0. The van der Waals surface area contributed by atoms with E-state index in [0.717, 1.165) is 0 Å². The van der Waals surface area contributed by atoms with Crippen LogP contribution in [0.5, 0.6) is 0 Å². The first-order valence-corrected chi connectivity index (χ1v) is 3.23. The summed E-state index contributed by atoms with van der Waals surface area (Å²) in [4.78, 5) is 21.0. The molecule has 0 aliphatic carbocycles. The van der Waals surface area contributed by atoms with Crippen molar-refractivity contribution >= 4 is 23.8 Å². The summed E-state index contributed by atoms with van der Waals surface area (Å²) in [6, 6.07) is 0. The Morgan fingerprint density at radius 1 is 1.18 bits per heavy atom. The van der Waals surface area contributed by atoms with Gasteiger partial charge < -0.3 is 9.03 Å². The number of halogens is 1. The van der Waals surface area contributed by atoms with Crippen molar-refractivity contribution in [1.29, 1.82) is 0 Å². The molecule has 0 radical (unpaired) electrons. The standard InChI is InChI=1S/C6H9ClO4/c1-6(2,3)10-4(8)5(9)11-7/h1-3H3. The molecule has 0 bridgehead atoms. The first-order chi connectivity index (χ1) is 4.87. The number of hydrogen-bond donors (Lipinski definition) is 0. The van der Waals surface area contributed by atoms with Crippen molar-refractivity contribution < 1.29 is 18.6 Å². The van der Waals surface area contributed by atoms with Crippen molar-refractivity contribution in [2.45, 2.75) is 26.4 Å². The number of esters is 1. The van der Waals surface area contributed by atoms with Gasteiger partial charge in [0.1, 0.15) is 17.5 Å². The Kier molecular flexibility index (Phi) is 3.32. The molecule has 0 N–H and O–H groups in total. The third kappa shape index (κ3) is 4.61. The van der Waals surface area contributed by atoms with Crippen molar-refractivity contribution in [2.24, 2.45) is 0 Å². The van der Waals surface area contributed by atoms with Crippen LogP contribution in [0.3, 0.4) is 0 Å². The third-order valence-corrected chi connectivity index (χ3v) is 0.776. The second-order valence-electron chi connectivity index (χ2n) is 2.87.